The van der Waals surface area contributed by atoms with Crippen LogP contribution >= 0.6 is 0 Å². The van der Waals surface area contributed by atoms with E-state index in [4.69, 9.17) is 10.5 Å². The van der Waals surface area contributed by atoms with Gasteiger partial charge in [-0.2, -0.15) is 0 Å². The van der Waals surface area contributed by atoms with Gasteiger partial charge < -0.3 is 20.7 Å². The van der Waals surface area contributed by atoms with E-state index in [9.17, 15) is 4.79 Å². The molecule has 0 aromatic rings. The van der Waals surface area contributed by atoms with E-state index in [1.807, 2.05) is 6.92 Å². The Morgan fingerprint density at radius 1 is 1.53 bits per heavy atom. The highest BCUT2D eigenvalue weighted by Gasteiger charge is 2.25. The number of nitrogens with zero attached hydrogens (tertiary/aromatic N) is 1. The number of carbonyl (C=O) groups excluding carboxylic acids is 1. The molecule has 0 saturated carbocycles. The predicted molar refractivity (Wildman–Crippen MR) is 67.7 cm³/mol. The summed E-state index contributed by atoms with van der Waals surface area (Å²) in [6.07, 6.45) is 1.99. The number of nitrogens with one attached hydrogen (secondary N) is 1. The van der Waals surface area contributed by atoms with Crippen molar-refractivity contribution in [2.45, 2.75) is 25.9 Å². The van der Waals surface area contributed by atoms with E-state index in [0.717, 1.165) is 32.5 Å². The molecule has 3 N–H and O–H groups in total. The van der Waals surface area contributed by atoms with Gasteiger partial charge in [0, 0.05) is 32.7 Å². The van der Waals surface area contributed by atoms with E-state index in [1.165, 1.54) is 0 Å². The highest BCUT2D eigenvalue weighted by molar-refractivity contribution is 5.78. The Labute approximate surface area is 104 Å². The number of hydrogen-bond donors (Lipinski definition) is 2. The van der Waals surface area contributed by atoms with Gasteiger partial charge in [-0.3, -0.25) is 4.79 Å². The average molecular weight is 243 g/mol. The van der Waals surface area contributed by atoms with E-state index in [1.54, 1.807) is 7.05 Å². The Morgan fingerprint density at radius 2 is 2.18 bits per heavy atom. The fourth-order valence-corrected chi connectivity index (χ4v) is 2.30. The molecule has 1 aliphatic rings. The Hall–Kier alpha value is -0.650. The van der Waals surface area contributed by atoms with Crippen LogP contribution in [0.3, 0.4) is 0 Å². The van der Waals surface area contributed by atoms with Crippen molar-refractivity contribution >= 4 is 5.91 Å². The lowest BCUT2D eigenvalue weighted by molar-refractivity contribution is -0.126. The van der Waals surface area contributed by atoms with E-state index >= 15 is 0 Å². The van der Waals surface area contributed by atoms with Gasteiger partial charge in [0.05, 0.1) is 6.10 Å². The van der Waals surface area contributed by atoms with E-state index < -0.39 is 0 Å². The lowest BCUT2D eigenvalue weighted by Crippen LogP contribution is -2.44. The summed E-state index contributed by atoms with van der Waals surface area (Å²) in [7, 11) is 1.70. The Bertz CT molecular complexity index is 228. The van der Waals surface area contributed by atoms with E-state index in [2.05, 4.69) is 10.2 Å². The molecule has 1 aliphatic heterocycles. The molecule has 1 unspecified atom stereocenters. The molecule has 17 heavy (non-hydrogen) atoms. The van der Waals surface area contributed by atoms with Crippen molar-refractivity contribution in [1.29, 1.82) is 0 Å². The highest BCUT2D eigenvalue weighted by Crippen LogP contribution is 2.17. The summed E-state index contributed by atoms with van der Waals surface area (Å²) < 4.78 is 5.54. The maximum Gasteiger partial charge on any atom is 0.222 e. The minimum absolute atomic E-state index is 0.122. The Morgan fingerprint density at radius 3 is 2.65 bits per heavy atom. The molecule has 1 atom stereocenters. The maximum absolute atomic E-state index is 11.5. The molecule has 0 bridgehead atoms. The lowest BCUT2D eigenvalue weighted by Gasteiger charge is -2.33. The van der Waals surface area contributed by atoms with E-state index in [0.29, 0.717) is 13.2 Å². The molecule has 100 valence electrons. The van der Waals surface area contributed by atoms with Gasteiger partial charge in [-0.15, -0.1) is 0 Å². The molecule has 5 nitrogen and oxygen atoms in total. The standard InChI is InChI=1S/C12H25N3O2/c1-3-17-11(8-13)9-15-6-4-10(5-7-15)12(16)14-2/h10-11H,3-9,13H2,1-2H3,(H,14,16). The third kappa shape index (κ3) is 4.61. The summed E-state index contributed by atoms with van der Waals surface area (Å²) in [6.45, 7) is 6.05. The molecule has 1 heterocycles. The van der Waals surface area contributed by atoms with Crippen LogP contribution in [0.2, 0.25) is 0 Å². The van der Waals surface area contributed by atoms with Gasteiger partial charge in [-0.05, 0) is 32.9 Å². The molecule has 0 aliphatic carbocycles. The van der Waals surface area contributed by atoms with Gasteiger partial charge >= 0.3 is 0 Å². The first-order chi connectivity index (χ1) is 8.21. The Balaban J connectivity index is 2.29. The van der Waals surface area contributed by atoms with Crippen LogP contribution < -0.4 is 11.1 Å². The molecular formula is C12H25N3O2. The summed E-state index contributed by atoms with van der Waals surface area (Å²) in [5.41, 5.74) is 5.66. The summed E-state index contributed by atoms with van der Waals surface area (Å²) in [4.78, 5) is 13.8. The second-order valence-electron chi connectivity index (χ2n) is 4.50. The van der Waals surface area contributed by atoms with Crippen molar-refractivity contribution in [1.82, 2.24) is 10.2 Å². The number of rotatable bonds is 6. The van der Waals surface area contributed by atoms with Gasteiger partial charge in [-0.1, -0.05) is 0 Å². The molecule has 1 saturated heterocycles. The monoisotopic (exact) mass is 243 g/mol. The summed E-state index contributed by atoms with van der Waals surface area (Å²) in [6, 6.07) is 0. The minimum atomic E-state index is 0.122. The zero-order valence-electron chi connectivity index (χ0n) is 10.9. The van der Waals surface area contributed by atoms with Crippen LogP contribution in [-0.2, 0) is 9.53 Å². The first-order valence-electron chi connectivity index (χ1n) is 6.46. The summed E-state index contributed by atoms with van der Waals surface area (Å²) >= 11 is 0. The largest absolute Gasteiger partial charge is 0.376 e. The fourth-order valence-electron chi connectivity index (χ4n) is 2.30. The second kappa shape index (κ2) is 7.63. The molecule has 1 fully saturated rings. The number of nitrogens with two attached hydrogens (primary N) is 1. The van der Waals surface area contributed by atoms with Gasteiger partial charge in [0.2, 0.25) is 5.91 Å². The normalized spacial score (nSPS) is 20.2. The molecule has 0 radical (unpaired) electrons. The molecule has 0 aromatic heterocycles. The first-order valence-corrected chi connectivity index (χ1v) is 6.46. The highest BCUT2D eigenvalue weighted by atomic mass is 16.5. The molecule has 5 heteroatoms. The topological polar surface area (TPSA) is 67.6 Å². The van der Waals surface area contributed by atoms with Gasteiger partial charge in [-0.25, -0.2) is 0 Å². The zero-order chi connectivity index (χ0) is 12.7. The Kier molecular flexibility index (Phi) is 6.47. The van der Waals surface area contributed by atoms with Crippen LogP contribution in [0.15, 0.2) is 0 Å². The van der Waals surface area contributed by atoms with Crippen molar-refractivity contribution in [3.63, 3.8) is 0 Å². The van der Waals surface area contributed by atoms with Gasteiger partial charge in [0.1, 0.15) is 0 Å². The average Bonchev–Trinajstić information content (AvgIpc) is 2.38. The maximum atomic E-state index is 11.5. The number of likely N-dealkylation sites (tertiary alicyclic amines) is 1. The van der Waals surface area contributed by atoms with E-state index in [-0.39, 0.29) is 17.9 Å². The first kappa shape index (κ1) is 14.4. The van der Waals surface area contributed by atoms with Crippen LogP contribution in [0.5, 0.6) is 0 Å². The molecule has 1 amide bonds. The van der Waals surface area contributed by atoms with Gasteiger partial charge in [0.25, 0.3) is 0 Å². The molecule has 0 aromatic carbocycles. The third-order valence-electron chi connectivity index (χ3n) is 3.33. The third-order valence-corrected chi connectivity index (χ3v) is 3.33. The van der Waals surface area contributed by atoms with Crippen molar-refractivity contribution in [2.75, 3.05) is 39.8 Å². The smallest absolute Gasteiger partial charge is 0.222 e. The predicted octanol–water partition coefficient (Wildman–Crippen LogP) is -0.192. The zero-order valence-corrected chi connectivity index (χ0v) is 10.9. The SMILES string of the molecule is CCOC(CN)CN1CCC(C(=O)NC)CC1. The second-order valence-corrected chi connectivity index (χ2v) is 4.50. The molecule has 0 spiro atoms. The van der Waals surface area contributed by atoms with Crippen molar-refractivity contribution < 1.29 is 9.53 Å². The van der Waals surface area contributed by atoms with Crippen LogP contribution in [0.4, 0.5) is 0 Å². The van der Waals surface area contributed by atoms with Gasteiger partial charge in [0.15, 0.2) is 0 Å². The lowest BCUT2D eigenvalue weighted by atomic mass is 9.96. The summed E-state index contributed by atoms with van der Waals surface area (Å²) in [5.74, 6) is 0.351. The molecule has 1 rings (SSSR count). The minimum Gasteiger partial charge on any atom is -0.376 e. The number of carbonyl (C=O) groups is 1. The summed E-state index contributed by atoms with van der Waals surface area (Å²) in [5, 5.41) is 2.72. The van der Waals surface area contributed by atoms with Crippen molar-refractivity contribution in [2.24, 2.45) is 11.7 Å². The van der Waals surface area contributed by atoms with Crippen LogP contribution in [-0.4, -0.2) is 56.7 Å². The van der Waals surface area contributed by atoms with Crippen molar-refractivity contribution in [3.8, 4) is 0 Å². The van der Waals surface area contributed by atoms with Crippen molar-refractivity contribution in [3.05, 3.63) is 0 Å². The van der Waals surface area contributed by atoms with Crippen LogP contribution in [0, 0.1) is 5.92 Å². The number of ether oxygens (including phenoxy) is 1. The quantitative estimate of drug-likeness (QED) is 0.678. The number of amides is 1. The number of piperidine rings is 1. The van der Waals surface area contributed by atoms with Crippen LogP contribution in [0.25, 0.3) is 0 Å². The number of hydrogen-bond acceptors (Lipinski definition) is 4. The van der Waals surface area contributed by atoms with Crippen LogP contribution in [0.1, 0.15) is 19.8 Å². The fraction of sp³-hybridized carbons (Fsp3) is 0.917. The molecular weight excluding hydrogens is 218 g/mol.